The number of anilines is 1. The number of nitrogens with one attached hydrogen (secondary N) is 1. The Balaban J connectivity index is 2.47. The first-order chi connectivity index (χ1) is 11.3. The van der Waals surface area contributed by atoms with Crippen molar-refractivity contribution in [2.45, 2.75) is 45.9 Å². The fraction of sp³-hybridized carbons (Fsp3) is 0.368. The van der Waals surface area contributed by atoms with E-state index in [1.54, 1.807) is 19.1 Å². The van der Waals surface area contributed by atoms with Gasteiger partial charge in [-0.15, -0.1) is 0 Å². The molecule has 0 aliphatic rings. The van der Waals surface area contributed by atoms with E-state index in [9.17, 15) is 8.42 Å². The smallest absolute Gasteiger partial charge is 0.262 e. The second kappa shape index (κ2) is 7.26. The average Bonchev–Trinajstić information content (AvgIpc) is 2.52. The van der Waals surface area contributed by atoms with Crippen LogP contribution in [0, 0.1) is 20.8 Å². The minimum absolute atomic E-state index is 0.286. The van der Waals surface area contributed by atoms with E-state index in [0.29, 0.717) is 17.9 Å². The molecule has 2 rings (SSSR count). The van der Waals surface area contributed by atoms with Crippen molar-refractivity contribution in [1.82, 2.24) is 0 Å². The van der Waals surface area contributed by atoms with Crippen LogP contribution >= 0.6 is 0 Å². The predicted octanol–water partition coefficient (Wildman–Crippen LogP) is 4.37. The van der Waals surface area contributed by atoms with Gasteiger partial charge in [-0.3, -0.25) is 4.72 Å². The van der Waals surface area contributed by atoms with E-state index in [4.69, 9.17) is 4.74 Å². The number of benzene rings is 2. The van der Waals surface area contributed by atoms with Gasteiger partial charge >= 0.3 is 0 Å². The van der Waals surface area contributed by atoms with Crippen molar-refractivity contribution in [2.75, 3.05) is 11.3 Å². The third-order valence-corrected chi connectivity index (χ3v) is 5.53. The first-order valence-electron chi connectivity index (χ1n) is 8.15. The molecule has 130 valence electrons. The Kier molecular flexibility index (Phi) is 5.54. The summed E-state index contributed by atoms with van der Waals surface area (Å²) in [4.78, 5) is 0.286. The van der Waals surface area contributed by atoms with Crippen LogP contribution in [0.2, 0.25) is 0 Å². The predicted molar refractivity (Wildman–Crippen MR) is 98.5 cm³/mol. The summed E-state index contributed by atoms with van der Waals surface area (Å²) >= 11 is 0. The maximum Gasteiger partial charge on any atom is 0.262 e. The number of aryl methyl sites for hydroxylation is 4. The van der Waals surface area contributed by atoms with Crippen LogP contribution in [0.5, 0.6) is 5.75 Å². The number of rotatable bonds is 6. The molecule has 0 saturated carbocycles. The first-order valence-corrected chi connectivity index (χ1v) is 9.63. The molecule has 0 amide bonds. The van der Waals surface area contributed by atoms with Crippen LogP contribution in [0.1, 0.15) is 36.1 Å². The van der Waals surface area contributed by atoms with Gasteiger partial charge in [-0.2, -0.15) is 0 Å². The first kappa shape index (κ1) is 18.3. The van der Waals surface area contributed by atoms with Crippen molar-refractivity contribution >= 4 is 15.7 Å². The van der Waals surface area contributed by atoms with E-state index in [2.05, 4.69) is 4.72 Å². The summed E-state index contributed by atoms with van der Waals surface area (Å²) < 4.78 is 34.1. The Morgan fingerprint density at radius 2 is 1.71 bits per heavy atom. The summed E-state index contributed by atoms with van der Waals surface area (Å²) in [5.74, 6) is 0.721. The lowest BCUT2D eigenvalue weighted by Crippen LogP contribution is -2.16. The van der Waals surface area contributed by atoms with Gasteiger partial charge in [0.25, 0.3) is 10.0 Å². The van der Waals surface area contributed by atoms with Gasteiger partial charge in [-0.25, -0.2) is 8.42 Å². The Bertz CT molecular complexity index is 842. The largest absolute Gasteiger partial charge is 0.494 e. The maximum absolute atomic E-state index is 12.9. The zero-order chi connectivity index (χ0) is 17.9. The molecule has 0 radical (unpaired) electrons. The Morgan fingerprint density at radius 3 is 2.33 bits per heavy atom. The summed E-state index contributed by atoms with van der Waals surface area (Å²) in [5.41, 5.74) is 4.05. The third kappa shape index (κ3) is 3.73. The van der Waals surface area contributed by atoms with Gasteiger partial charge < -0.3 is 4.74 Å². The van der Waals surface area contributed by atoms with Gasteiger partial charge in [0.1, 0.15) is 5.75 Å². The maximum atomic E-state index is 12.9. The lowest BCUT2D eigenvalue weighted by Gasteiger charge is -2.17. The molecule has 0 spiro atoms. The monoisotopic (exact) mass is 347 g/mol. The molecule has 0 bridgehead atoms. The number of hydrogen-bond donors (Lipinski definition) is 1. The van der Waals surface area contributed by atoms with Crippen LogP contribution in [0.15, 0.2) is 35.2 Å². The number of sulfonamides is 1. The summed E-state index contributed by atoms with van der Waals surface area (Å²) in [6, 6.07) is 9.26. The molecule has 0 saturated heterocycles. The zero-order valence-corrected chi connectivity index (χ0v) is 15.8. The molecule has 0 aliphatic heterocycles. The molecule has 0 atom stereocenters. The zero-order valence-electron chi connectivity index (χ0n) is 14.9. The van der Waals surface area contributed by atoms with Crippen molar-refractivity contribution in [3.8, 4) is 5.75 Å². The summed E-state index contributed by atoms with van der Waals surface area (Å²) in [7, 11) is -3.66. The Hall–Kier alpha value is -2.01. The lowest BCUT2D eigenvalue weighted by molar-refractivity contribution is 0.337. The summed E-state index contributed by atoms with van der Waals surface area (Å²) in [6.45, 7) is 10.0. The minimum atomic E-state index is -3.66. The van der Waals surface area contributed by atoms with Crippen molar-refractivity contribution in [3.05, 3.63) is 52.6 Å². The molecular weight excluding hydrogens is 322 g/mol. The van der Waals surface area contributed by atoms with Crippen LogP contribution in [0.25, 0.3) is 0 Å². The van der Waals surface area contributed by atoms with Crippen LogP contribution < -0.4 is 9.46 Å². The highest BCUT2D eigenvalue weighted by molar-refractivity contribution is 7.92. The topological polar surface area (TPSA) is 55.4 Å². The fourth-order valence-corrected chi connectivity index (χ4v) is 4.21. The van der Waals surface area contributed by atoms with Gasteiger partial charge in [0.05, 0.1) is 17.2 Å². The second-order valence-electron chi connectivity index (χ2n) is 5.88. The Morgan fingerprint density at radius 1 is 1.00 bits per heavy atom. The number of hydrogen-bond acceptors (Lipinski definition) is 3. The Labute approximate surface area is 144 Å². The molecule has 0 aromatic heterocycles. The van der Waals surface area contributed by atoms with Crippen molar-refractivity contribution in [1.29, 1.82) is 0 Å². The standard InChI is InChI=1S/C19H25NO3S/c1-6-16-10-8-9-13(3)19(16)20-24(21,22)18-12-14(4)17(23-7-2)11-15(18)5/h8-12,20H,6-7H2,1-5H3. The van der Waals surface area contributed by atoms with E-state index in [1.165, 1.54) is 0 Å². The van der Waals surface area contributed by atoms with Gasteiger partial charge in [-0.1, -0.05) is 25.1 Å². The van der Waals surface area contributed by atoms with E-state index >= 15 is 0 Å². The van der Waals surface area contributed by atoms with Gasteiger partial charge in [0.2, 0.25) is 0 Å². The molecule has 5 heteroatoms. The van der Waals surface area contributed by atoms with Crippen molar-refractivity contribution < 1.29 is 13.2 Å². The van der Waals surface area contributed by atoms with Gasteiger partial charge in [0.15, 0.2) is 0 Å². The van der Waals surface area contributed by atoms with Crippen molar-refractivity contribution in [3.63, 3.8) is 0 Å². The van der Waals surface area contributed by atoms with Gasteiger partial charge in [-0.05, 0) is 68.5 Å². The highest BCUT2D eigenvalue weighted by atomic mass is 32.2. The van der Waals surface area contributed by atoms with Crippen LogP contribution in [-0.2, 0) is 16.4 Å². The van der Waals surface area contributed by atoms with Crippen LogP contribution in [-0.4, -0.2) is 15.0 Å². The highest BCUT2D eigenvalue weighted by Gasteiger charge is 2.21. The molecule has 2 aromatic carbocycles. The van der Waals surface area contributed by atoms with E-state index in [-0.39, 0.29) is 4.90 Å². The molecule has 2 aromatic rings. The number of para-hydroxylation sites is 1. The summed E-state index contributed by atoms with van der Waals surface area (Å²) in [6.07, 6.45) is 0.765. The molecule has 24 heavy (non-hydrogen) atoms. The van der Waals surface area contributed by atoms with Crippen LogP contribution in [0.3, 0.4) is 0 Å². The minimum Gasteiger partial charge on any atom is -0.494 e. The average molecular weight is 347 g/mol. The fourth-order valence-electron chi connectivity index (χ4n) is 2.72. The SMILES string of the molecule is CCOc1cc(C)c(S(=O)(=O)Nc2c(C)cccc2CC)cc1C. The molecule has 0 aliphatic carbocycles. The molecule has 0 unspecified atom stereocenters. The molecule has 1 N–H and O–H groups in total. The third-order valence-electron chi connectivity index (χ3n) is 4.04. The molecule has 0 heterocycles. The summed E-state index contributed by atoms with van der Waals surface area (Å²) in [5, 5.41) is 0. The molecule has 0 fully saturated rings. The lowest BCUT2D eigenvalue weighted by atomic mass is 10.1. The second-order valence-corrected chi connectivity index (χ2v) is 7.54. The normalized spacial score (nSPS) is 11.4. The van der Waals surface area contributed by atoms with Crippen molar-refractivity contribution in [2.24, 2.45) is 0 Å². The molecule has 4 nitrogen and oxygen atoms in total. The van der Waals surface area contributed by atoms with Crippen LogP contribution in [0.4, 0.5) is 5.69 Å². The number of ether oxygens (including phenoxy) is 1. The van der Waals surface area contributed by atoms with E-state index in [0.717, 1.165) is 28.9 Å². The van der Waals surface area contributed by atoms with E-state index in [1.807, 2.05) is 45.9 Å². The highest BCUT2D eigenvalue weighted by Crippen LogP contribution is 2.29. The quantitative estimate of drug-likeness (QED) is 0.844. The molecular formula is C19H25NO3S. The van der Waals surface area contributed by atoms with Gasteiger partial charge in [0, 0.05) is 0 Å². The van der Waals surface area contributed by atoms with E-state index < -0.39 is 10.0 Å².